The Bertz CT molecular complexity index is 2870. The zero-order chi connectivity index (χ0) is 32.3. The van der Waals surface area contributed by atoms with Crippen LogP contribution in [0.15, 0.2) is 176 Å². The van der Waals surface area contributed by atoms with Crippen molar-refractivity contribution < 1.29 is 0 Å². The highest BCUT2D eigenvalue weighted by molar-refractivity contribution is 7.26. The van der Waals surface area contributed by atoms with Crippen molar-refractivity contribution in [3.05, 3.63) is 176 Å². The molecule has 0 unspecified atom stereocenters. The normalized spacial score (nSPS) is 11.7. The largest absolute Gasteiger partial charge is 0.246 e. The van der Waals surface area contributed by atoms with Gasteiger partial charge in [0, 0.05) is 21.0 Å². The summed E-state index contributed by atoms with van der Waals surface area (Å²) in [4.78, 5) is 5.17. The standard InChI is InChI=1S/C47H29NS/c1-3-14-30(15-4-1)43-35-20-7-8-21-36(35)44(31-16-5-2-6-17-31)40-29-33(26-27-37(40)43)32-18-13-19-34(28-32)45-38-22-9-11-24-41(38)48-46-39-23-10-12-25-42(39)49-47(45)46/h1-29H. The van der Waals surface area contributed by atoms with Crippen LogP contribution in [0.3, 0.4) is 0 Å². The van der Waals surface area contributed by atoms with Crippen LogP contribution in [-0.4, -0.2) is 4.98 Å². The highest BCUT2D eigenvalue weighted by atomic mass is 32.1. The lowest BCUT2D eigenvalue weighted by Crippen LogP contribution is -1.92. The summed E-state index contributed by atoms with van der Waals surface area (Å²) in [5.74, 6) is 0. The third-order valence-electron chi connectivity index (χ3n) is 9.84. The maximum Gasteiger partial charge on any atom is 0.0902 e. The summed E-state index contributed by atoms with van der Waals surface area (Å²) in [6, 6.07) is 63.9. The fourth-order valence-corrected chi connectivity index (χ4v) is 8.89. The minimum Gasteiger partial charge on any atom is -0.246 e. The summed E-state index contributed by atoms with van der Waals surface area (Å²) < 4.78 is 2.50. The van der Waals surface area contributed by atoms with Gasteiger partial charge in [-0.2, -0.15) is 0 Å². The zero-order valence-electron chi connectivity index (χ0n) is 26.6. The lowest BCUT2D eigenvalue weighted by molar-refractivity contribution is 1.52. The second-order valence-electron chi connectivity index (χ2n) is 12.6. The summed E-state index contributed by atoms with van der Waals surface area (Å²) in [6.07, 6.45) is 0. The third kappa shape index (κ3) is 4.49. The Balaban J connectivity index is 1.25. The van der Waals surface area contributed by atoms with Gasteiger partial charge in [0.25, 0.3) is 0 Å². The number of rotatable bonds is 4. The van der Waals surface area contributed by atoms with E-state index in [-0.39, 0.29) is 0 Å². The van der Waals surface area contributed by atoms with Crippen LogP contribution in [0.1, 0.15) is 0 Å². The topological polar surface area (TPSA) is 12.9 Å². The predicted molar refractivity (Wildman–Crippen MR) is 211 cm³/mol. The Kier molecular flexibility index (Phi) is 6.43. The van der Waals surface area contributed by atoms with E-state index in [4.69, 9.17) is 4.98 Å². The average Bonchev–Trinajstić information content (AvgIpc) is 3.54. The molecule has 2 heteroatoms. The maximum atomic E-state index is 5.17. The van der Waals surface area contributed by atoms with Gasteiger partial charge in [0.15, 0.2) is 0 Å². The molecule has 0 N–H and O–H groups in total. The monoisotopic (exact) mass is 639 g/mol. The molecule has 228 valence electrons. The number of para-hydroxylation sites is 1. The summed E-state index contributed by atoms with van der Waals surface area (Å²) in [7, 11) is 0. The first kappa shape index (κ1) is 28.0. The molecule has 0 atom stereocenters. The summed E-state index contributed by atoms with van der Waals surface area (Å²) in [5, 5.41) is 7.45. The van der Waals surface area contributed by atoms with E-state index < -0.39 is 0 Å². The Morgan fingerprint density at radius 2 is 0.857 bits per heavy atom. The first-order valence-electron chi connectivity index (χ1n) is 16.7. The van der Waals surface area contributed by atoms with Crippen LogP contribution in [0.25, 0.3) is 97.3 Å². The quantitative estimate of drug-likeness (QED) is 0.175. The fraction of sp³-hybridized carbons (Fsp3) is 0. The molecule has 0 bridgehead atoms. The summed E-state index contributed by atoms with van der Waals surface area (Å²) in [6.45, 7) is 0. The van der Waals surface area contributed by atoms with E-state index in [1.807, 2.05) is 11.3 Å². The number of hydrogen-bond acceptors (Lipinski definition) is 2. The molecule has 10 aromatic rings. The number of nitrogens with zero attached hydrogens (tertiary/aromatic N) is 1. The van der Waals surface area contributed by atoms with Crippen molar-refractivity contribution in [1.82, 2.24) is 4.98 Å². The van der Waals surface area contributed by atoms with E-state index in [1.54, 1.807) is 0 Å². The van der Waals surface area contributed by atoms with Crippen LogP contribution in [-0.2, 0) is 0 Å². The Hall–Kier alpha value is -6.09. The molecule has 0 aliphatic heterocycles. The first-order valence-corrected chi connectivity index (χ1v) is 17.5. The Morgan fingerprint density at radius 1 is 0.327 bits per heavy atom. The molecule has 0 saturated heterocycles. The molecule has 0 aliphatic rings. The molecule has 0 fully saturated rings. The highest BCUT2D eigenvalue weighted by Gasteiger charge is 2.19. The van der Waals surface area contributed by atoms with Crippen molar-refractivity contribution in [2.24, 2.45) is 0 Å². The highest BCUT2D eigenvalue weighted by Crippen LogP contribution is 2.46. The van der Waals surface area contributed by atoms with Crippen LogP contribution in [0.2, 0.25) is 0 Å². The van der Waals surface area contributed by atoms with E-state index in [0.717, 1.165) is 11.0 Å². The van der Waals surface area contributed by atoms with Crippen LogP contribution >= 0.6 is 11.3 Å². The van der Waals surface area contributed by atoms with Crippen LogP contribution < -0.4 is 0 Å². The van der Waals surface area contributed by atoms with Crippen LogP contribution in [0.5, 0.6) is 0 Å². The number of fused-ring (bicyclic) bond motifs is 6. The third-order valence-corrected chi connectivity index (χ3v) is 11.0. The van der Waals surface area contributed by atoms with Crippen molar-refractivity contribution >= 4 is 64.1 Å². The molecule has 2 aromatic heterocycles. The van der Waals surface area contributed by atoms with Crippen molar-refractivity contribution in [1.29, 1.82) is 0 Å². The predicted octanol–water partition coefficient (Wildman–Crippen LogP) is 13.6. The average molecular weight is 640 g/mol. The Labute approximate surface area is 288 Å². The van der Waals surface area contributed by atoms with Gasteiger partial charge in [-0.25, -0.2) is 4.98 Å². The zero-order valence-corrected chi connectivity index (χ0v) is 27.4. The second kappa shape index (κ2) is 11.3. The van der Waals surface area contributed by atoms with E-state index in [2.05, 4.69) is 176 Å². The lowest BCUT2D eigenvalue weighted by atomic mass is 9.84. The lowest BCUT2D eigenvalue weighted by Gasteiger charge is -2.19. The van der Waals surface area contributed by atoms with Gasteiger partial charge in [0.2, 0.25) is 0 Å². The minimum absolute atomic E-state index is 1.03. The van der Waals surface area contributed by atoms with Crippen LogP contribution in [0, 0.1) is 0 Å². The molecule has 0 saturated carbocycles. The van der Waals surface area contributed by atoms with Gasteiger partial charge in [-0.15, -0.1) is 11.3 Å². The fourth-order valence-electron chi connectivity index (χ4n) is 7.67. The number of aromatic nitrogens is 1. The SMILES string of the molecule is c1ccc(-c2c3ccccc3c(-c3ccccc3)c3cc(-c4cccc(-c5c6ccccc6nc6c5sc5ccccc56)c4)ccc23)cc1. The first-order chi connectivity index (χ1) is 24.3. The molecule has 2 heterocycles. The minimum atomic E-state index is 1.03. The molecule has 10 rings (SSSR count). The molecular formula is C47H29NS. The van der Waals surface area contributed by atoms with Gasteiger partial charge in [-0.1, -0.05) is 152 Å². The summed E-state index contributed by atoms with van der Waals surface area (Å²) >= 11 is 1.84. The van der Waals surface area contributed by atoms with E-state index in [9.17, 15) is 0 Å². The van der Waals surface area contributed by atoms with Gasteiger partial charge in [-0.3, -0.25) is 0 Å². The summed E-state index contributed by atoms with van der Waals surface area (Å²) in [5.41, 5.74) is 12.0. The van der Waals surface area contributed by atoms with E-state index in [1.165, 1.54) is 86.2 Å². The number of benzene rings is 8. The van der Waals surface area contributed by atoms with Crippen molar-refractivity contribution in [2.45, 2.75) is 0 Å². The van der Waals surface area contributed by atoms with Gasteiger partial charge in [0.1, 0.15) is 0 Å². The van der Waals surface area contributed by atoms with Gasteiger partial charge >= 0.3 is 0 Å². The van der Waals surface area contributed by atoms with Gasteiger partial charge in [0.05, 0.1) is 15.7 Å². The van der Waals surface area contributed by atoms with E-state index in [0.29, 0.717) is 0 Å². The molecule has 0 aliphatic carbocycles. The number of pyridine rings is 1. The Morgan fingerprint density at radius 3 is 1.59 bits per heavy atom. The molecule has 49 heavy (non-hydrogen) atoms. The second-order valence-corrected chi connectivity index (χ2v) is 13.7. The molecule has 0 radical (unpaired) electrons. The smallest absolute Gasteiger partial charge is 0.0902 e. The van der Waals surface area contributed by atoms with Gasteiger partial charge < -0.3 is 0 Å². The molecule has 8 aromatic carbocycles. The van der Waals surface area contributed by atoms with Crippen molar-refractivity contribution in [3.63, 3.8) is 0 Å². The molecular weight excluding hydrogens is 611 g/mol. The number of thiophene rings is 1. The van der Waals surface area contributed by atoms with Crippen molar-refractivity contribution in [2.75, 3.05) is 0 Å². The van der Waals surface area contributed by atoms with Gasteiger partial charge in [-0.05, 0) is 84.8 Å². The maximum absolute atomic E-state index is 5.17. The molecule has 0 spiro atoms. The molecule has 1 nitrogen and oxygen atoms in total. The number of hydrogen-bond donors (Lipinski definition) is 0. The molecule has 0 amide bonds. The van der Waals surface area contributed by atoms with E-state index >= 15 is 0 Å². The van der Waals surface area contributed by atoms with Crippen molar-refractivity contribution in [3.8, 4) is 44.5 Å². The van der Waals surface area contributed by atoms with Crippen LogP contribution in [0.4, 0.5) is 0 Å².